The number of unbranched alkanes of at least 4 members (excludes halogenated alkanes) is 3. The molecule has 0 spiro atoms. The molecule has 0 unspecified atom stereocenters. The molecular formula is C16H32SSn. The van der Waals surface area contributed by atoms with Gasteiger partial charge in [0.15, 0.2) is 0 Å². The zero-order valence-electron chi connectivity index (χ0n) is 12.8. The Morgan fingerprint density at radius 1 is 0.944 bits per heavy atom. The predicted molar refractivity (Wildman–Crippen MR) is 90.1 cm³/mol. The average molecular weight is 375 g/mol. The van der Waals surface area contributed by atoms with Gasteiger partial charge in [-0.1, -0.05) is 0 Å². The molecule has 0 fully saturated rings. The third-order valence-corrected chi connectivity index (χ3v) is 24.1. The second-order valence-corrected chi connectivity index (χ2v) is 21.1. The predicted octanol–water partition coefficient (Wildman–Crippen LogP) is 6.40. The van der Waals surface area contributed by atoms with Gasteiger partial charge in [0.05, 0.1) is 0 Å². The van der Waals surface area contributed by atoms with Crippen LogP contribution in [0.15, 0.2) is 9.00 Å². The Bertz CT molecular complexity index is 226. The minimum atomic E-state index is -1.95. The van der Waals surface area contributed by atoms with Gasteiger partial charge in [0, 0.05) is 0 Å². The summed E-state index contributed by atoms with van der Waals surface area (Å²) in [6.07, 6.45) is 12.7. The van der Waals surface area contributed by atoms with Crippen molar-refractivity contribution in [2.24, 2.45) is 0 Å². The van der Waals surface area contributed by atoms with E-state index in [1.807, 2.05) is 2.92 Å². The normalized spacial score (nSPS) is 16.1. The summed E-state index contributed by atoms with van der Waals surface area (Å²) in [6.45, 7) is 7.10. The Labute approximate surface area is 123 Å². The third-order valence-electron chi connectivity index (χ3n) is 4.25. The fourth-order valence-electron chi connectivity index (χ4n) is 3.08. The Hall–Kier alpha value is 0.889. The standard InChI is InChI=1S/C4H5S.3C4H9.Sn/c1-2-4-5-3-1;3*1-3-4-2;/h1H,2,4H2;3*1,3-4H2,2H3;. The van der Waals surface area contributed by atoms with Crippen LogP contribution >= 0.6 is 11.8 Å². The molecule has 0 bridgehead atoms. The fourth-order valence-corrected chi connectivity index (χ4v) is 24.3. The first-order valence-corrected chi connectivity index (χ1v) is 16.6. The quantitative estimate of drug-likeness (QED) is 0.399. The number of hydrogen-bond donors (Lipinski definition) is 0. The summed E-state index contributed by atoms with van der Waals surface area (Å²) in [5, 5.41) is 0. The Morgan fingerprint density at radius 3 is 1.78 bits per heavy atom. The van der Waals surface area contributed by atoms with Gasteiger partial charge in [-0.2, -0.15) is 0 Å². The van der Waals surface area contributed by atoms with Gasteiger partial charge in [0.25, 0.3) is 0 Å². The second-order valence-electron chi connectivity index (χ2n) is 5.80. The van der Waals surface area contributed by atoms with E-state index in [4.69, 9.17) is 0 Å². The molecule has 1 aliphatic heterocycles. The van der Waals surface area contributed by atoms with E-state index in [2.05, 4.69) is 38.6 Å². The van der Waals surface area contributed by atoms with Crippen molar-refractivity contribution in [2.45, 2.75) is 79.0 Å². The van der Waals surface area contributed by atoms with Crippen molar-refractivity contribution in [2.75, 3.05) is 5.75 Å². The molecule has 1 heterocycles. The molecular weight excluding hydrogens is 343 g/mol. The van der Waals surface area contributed by atoms with E-state index < -0.39 is 18.4 Å². The molecule has 106 valence electrons. The first kappa shape index (κ1) is 16.9. The molecule has 0 radical (unpaired) electrons. The molecule has 0 aliphatic carbocycles. The van der Waals surface area contributed by atoms with Crippen LogP contribution in [-0.4, -0.2) is 24.1 Å². The molecule has 0 atom stereocenters. The monoisotopic (exact) mass is 376 g/mol. The second kappa shape index (κ2) is 9.74. The van der Waals surface area contributed by atoms with Crippen LogP contribution in [0, 0.1) is 0 Å². The van der Waals surface area contributed by atoms with Crippen molar-refractivity contribution in [1.82, 2.24) is 0 Å². The summed E-state index contributed by atoms with van der Waals surface area (Å²) < 4.78 is 6.90. The molecule has 0 aromatic carbocycles. The minimum absolute atomic E-state index is 1.36. The van der Waals surface area contributed by atoms with E-state index in [9.17, 15) is 0 Å². The van der Waals surface area contributed by atoms with Crippen LogP contribution in [0.5, 0.6) is 0 Å². The van der Waals surface area contributed by atoms with E-state index in [1.54, 1.807) is 13.3 Å². The van der Waals surface area contributed by atoms with Crippen LogP contribution < -0.4 is 0 Å². The van der Waals surface area contributed by atoms with Crippen LogP contribution in [0.4, 0.5) is 0 Å². The molecule has 1 rings (SSSR count). The molecule has 1 aliphatic rings. The topological polar surface area (TPSA) is 0 Å². The van der Waals surface area contributed by atoms with Crippen LogP contribution in [0.3, 0.4) is 0 Å². The Morgan fingerprint density at radius 2 is 1.44 bits per heavy atom. The van der Waals surface area contributed by atoms with Gasteiger partial charge in [-0.15, -0.1) is 0 Å². The van der Waals surface area contributed by atoms with Gasteiger partial charge in [-0.25, -0.2) is 0 Å². The van der Waals surface area contributed by atoms with E-state index in [1.165, 1.54) is 50.7 Å². The van der Waals surface area contributed by atoms with E-state index >= 15 is 0 Å². The zero-order chi connectivity index (χ0) is 13.3. The maximum atomic E-state index is 2.65. The van der Waals surface area contributed by atoms with Crippen molar-refractivity contribution in [3.63, 3.8) is 0 Å². The van der Waals surface area contributed by atoms with Crippen molar-refractivity contribution in [3.8, 4) is 0 Å². The number of allylic oxidation sites excluding steroid dienone is 1. The maximum absolute atomic E-state index is 2.65. The Kier molecular flexibility index (Phi) is 9.17. The van der Waals surface area contributed by atoms with Crippen molar-refractivity contribution in [3.05, 3.63) is 9.00 Å². The van der Waals surface area contributed by atoms with E-state index in [0.717, 1.165) is 0 Å². The summed E-state index contributed by atoms with van der Waals surface area (Å²) in [5.74, 6) is 1.39. The summed E-state index contributed by atoms with van der Waals surface area (Å²) in [4.78, 5) is 0. The Balaban J connectivity index is 2.76. The van der Waals surface area contributed by atoms with Gasteiger partial charge < -0.3 is 0 Å². The molecule has 0 amide bonds. The molecule has 0 saturated heterocycles. The van der Waals surface area contributed by atoms with Crippen molar-refractivity contribution in [1.29, 1.82) is 0 Å². The molecule has 0 saturated carbocycles. The van der Waals surface area contributed by atoms with Crippen LogP contribution in [0.1, 0.15) is 65.7 Å². The first-order chi connectivity index (χ1) is 8.79. The molecule has 2 heteroatoms. The molecule has 0 nitrogen and oxygen atoms in total. The van der Waals surface area contributed by atoms with Crippen LogP contribution in [-0.2, 0) is 0 Å². The van der Waals surface area contributed by atoms with Gasteiger partial charge in [0.1, 0.15) is 0 Å². The van der Waals surface area contributed by atoms with Crippen LogP contribution in [0.25, 0.3) is 0 Å². The first-order valence-electron chi connectivity index (χ1n) is 8.12. The van der Waals surface area contributed by atoms with Gasteiger partial charge in [-0.05, 0) is 0 Å². The SMILES string of the molecule is CCC[CH2][Sn]([CH2]CCC)([CH2]CCC)[C]1=CCCS1. The van der Waals surface area contributed by atoms with Crippen LogP contribution in [0.2, 0.25) is 13.3 Å². The van der Waals surface area contributed by atoms with E-state index in [0.29, 0.717) is 0 Å². The molecule has 0 aromatic heterocycles. The molecule has 18 heavy (non-hydrogen) atoms. The number of hydrogen-bond acceptors (Lipinski definition) is 1. The number of rotatable bonds is 10. The zero-order valence-corrected chi connectivity index (χ0v) is 16.4. The van der Waals surface area contributed by atoms with Gasteiger partial charge in [-0.3, -0.25) is 0 Å². The third kappa shape index (κ3) is 5.11. The van der Waals surface area contributed by atoms with Crippen molar-refractivity contribution >= 4 is 30.1 Å². The average Bonchev–Trinajstić information content (AvgIpc) is 2.93. The summed E-state index contributed by atoms with van der Waals surface area (Å²) in [7, 11) is 0. The summed E-state index contributed by atoms with van der Waals surface area (Å²) in [5.41, 5.74) is 0. The summed E-state index contributed by atoms with van der Waals surface area (Å²) >= 11 is 0.304. The fraction of sp³-hybridized carbons (Fsp3) is 0.875. The summed E-state index contributed by atoms with van der Waals surface area (Å²) in [6, 6.07) is 0. The number of thioether (sulfide) groups is 1. The molecule has 0 aromatic rings. The van der Waals surface area contributed by atoms with Gasteiger partial charge >= 0.3 is 124 Å². The van der Waals surface area contributed by atoms with E-state index in [-0.39, 0.29) is 0 Å². The van der Waals surface area contributed by atoms with Crippen molar-refractivity contribution < 1.29 is 0 Å². The molecule has 0 N–H and O–H groups in total. The van der Waals surface area contributed by atoms with Gasteiger partial charge in [0.2, 0.25) is 0 Å².